The summed E-state index contributed by atoms with van der Waals surface area (Å²) in [7, 11) is 1.70. The van der Waals surface area contributed by atoms with Crippen LogP contribution < -0.4 is 9.64 Å². The summed E-state index contributed by atoms with van der Waals surface area (Å²) in [6.45, 7) is 4.41. The van der Waals surface area contributed by atoms with Gasteiger partial charge in [0.25, 0.3) is 0 Å². The van der Waals surface area contributed by atoms with Crippen LogP contribution in [0.25, 0.3) is 5.70 Å². The average Bonchev–Trinajstić information content (AvgIpc) is 2.66. The van der Waals surface area contributed by atoms with Gasteiger partial charge in [0.2, 0.25) is 0 Å². The second-order valence-electron chi connectivity index (χ2n) is 6.21. The minimum Gasteiger partial charge on any atom is -0.497 e. The van der Waals surface area contributed by atoms with Crippen molar-refractivity contribution in [2.75, 3.05) is 12.0 Å². The molecule has 1 aliphatic heterocycles. The molecule has 130 valence electrons. The second-order valence-corrected chi connectivity index (χ2v) is 6.21. The molecule has 0 radical (unpaired) electrons. The molecule has 0 spiro atoms. The number of allylic oxidation sites excluding steroid dienone is 1. The standard InChI is InChI=1S/C22H26N2O/c1-4-6-12-21-19-10-7-8-11-20(19)23-22(9-5-2)24(21)17-13-15-18(25-3)16-14-17/h7-8,10-16H,4-6,9H2,1-3H3. The van der Waals surface area contributed by atoms with Crippen LogP contribution in [0.4, 0.5) is 11.4 Å². The molecule has 2 aromatic carbocycles. The molecule has 0 atom stereocenters. The summed E-state index contributed by atoms with van der Waals surface area (Å²) < 4.78 is 5.32. The maximum absolute atomic E-state index is 5.32. The topological polar surface area (TPSA) is 24.8 Å². The quantitative estimate of drug-likeness (QED) is 0.629. The van der Waals surface area contributed by atoms with E-state index in [1.807, 2.05) is 12.1 Å². The SMILES string of the molecule is CCCC=C1c2ccccc2N=C(CCC)N1c1ccc(OC)cc1. The van der Waals surface area contributed by atoms with Crippen LogP contribution in [0.2, 0.25) is 0 Å². The van der Waals surface area contributed by atoms with E-state index in [1.54, 1.807) is 7.11 Å². The molecule has 0 amide bonds. The van der Waals surface area contributed by atoms with Gasteiger partial charge in [-0.05, 0) is 43.2 Å². The van der Waals surface area contributed by atoms with Crippen molar-refractivity contribution in [2.24, 2.45) is 4.99 Å². The van der Waals surface area contributed by atoms with E-state index in [-0.39, 0.29) is 0 Å². The van der Waals surface area contributed by atoms with Gasteiger partial charge >= 0.3 is 0 Å². The molecule has 0 N–H and O–H groups in total. The average molecular weight is 334 g/mol. The molecule has 25 heavy (non-hydrogen) atoms. The van der Waals surface area contributed by atoms with Crippen LogP contribution >= 0.6 is 0 Å². The number of unbranched alkanes of at least 4 members (excludes halogenated alkanes) is 1. The predicted octanol–water partition coefficient (Wildman–Crippen LogP) is 6.19. The van der Waals surface area contributed by atoms with Gasteiger partial charge in [0.1, 0.15) is 11.6 Å². The van der Waals surface area contributed by atoms with E-state index >= 15 is 0 Å². The zero-order chi connectivity index (χ0) is 17.6. The molecule has 0 fully saturated rings. The van der Waals surface area contributed by atoms with E-state index in [9.17, 15) is 0 Å². The Hall–Kier alpha value is -2.55. The third kappa shape index (κ3) is 3.60. The molecule has 3 nitrogen and oxygen atoms in total. The Labute approximate surface area is 150 Å². The highest BCUT2D eigenvalue weighted by atomic mass is 16.5. The van der Waals surface area contributed by atoms with Crippen molar-refractivity contribution < 1.29 is 4.74 Å². The molecule has 3 rings (SSSR count). The van der Waals surface area contributed by atoms with Gasteiger partial charge in [-0.2, -0.15) is 0 Å². The van der Waals surface area contributed by atoms with E-state index in [0.717, 1.165) is 48.6 Å². The fourth-order valence-electron chi connectivity index (χ4n) is 3.13. The Morgan fingerprint density at radius 1 is 1.00 bits per heavy atom. The lowest BCUT2D eigenvalue weighted by Gasteiger charge is -2.33. The number of rotatable bonds is 6. The lowest BCUT2D eigenvalue weighted by molar-refractivity contribution is 0.415. The Bertz CT molecular complexity index is 775. The summed E-state index contributed by atoms with van der Waals surface area (Å²) in [5, 5.41) is 0. The molecule has 1 heterocycles. The normalized spacial score (nSPS) is 15.1. The fraction of sp³-hybridized carbons (Fsp3) is 0.318. The Morgan fingerprint density at radius 2 is 1.76 bits per heavy atom. The monoisotopic (exact) mass is 334 g/mol. The van der Waals surface area contributed by atoms with Crippen molar-refractivity contribution >= 4 is 22.9 Å². The highest BCUT2D eigenvalue weighted by Crippen LogP contribution is 2.38. The maximum Gasteiger partial charge on any atom is 0.119 e. The number of nitrogens with zero attached hydrogens (tertiary/aromatic N) is 2. The van der Waals surface area contributed by atoms with Crippen molar-refractivity contribution in [1.29, 1.82) is 0 Å². The summed E-state index contributed by atoms with van der Waals surface area (Å²) in [6.07, 6.45) is 6.53. The summed E-state index contributed by atoms with van der Waals surface area (Å²) in [6, 6.07) is 16.7. The van der Waals surface area contributed by atoms with Gasteiger partial charge in [-0.1, -0.05) is 44.5 Å². The number of hydrogen-bond acceptors (Lipinski definition) is 3. The fourth-order valence-corrected chi connectivity index (χ4v) is 3.13. The van der Waals surface area contributed by atoms with E-state index in [4.69, 9.17) is 9.73 Å². The third-order valence-corrected chi connectivity index (χ3v) is 4.36. The number of hydrogen-bond donors (Lipinski definition) is 0. The molecular formula is C22H26N2O. The molecule has 0 aromatic heterocycles. The number of methoxy groups -OCH3 is 1. The van der Waals surface area contributed by atoms with E-state index in [2.05, 4.69) is 61.2 Å². The van der Waals surface area contributed by atoms with Gasteiger partial charge < -0.3 is 4.74 Å². The van der Waals surface area contributed by atoms with Gasteiger partial charge in [0.05, 0.1) is 18.5 Å². The molecule has 2 aromatic rings. The number of amidine groups is 1. The number of fused-ring (bicyclic) bond motifs is 1. The molecule has 0 bridgehead atoms. The number of ether oxygens (including phenoxy) is 1. The smallest absolute Gasteiger partial charge is 0.119 e. The highest BCUT2D eigenvalue weighted by molar-refractivity contribution is 6.13. The number of anilines is 1. The van der Waals surface area contributed by atoms with Gasteiger partial charge in [0, 0.05) is 17.7 Å². The van der Waals surface area contributed by atoms with Crippen molar-refractivity contribution in [3.8, 4) is 5.75 Å². The van der Waals surface area contributed by atoms with E-state index in [1.165, 1.54) is 11.3 Å². The predicted molar refractivity (Wildman–Crippen MR) is 107 cm³/mol. The first-order valence-electron chi connectivity index (χ1n) is 9.09. The van der Waals surface area contributed by atoms with Crippen molar-refractivity contribution in [3.05, 3.63) is 60.2 Å². The van der Waals surface area contributed by atoms with Crippen molar-refractivity contribution in [1.82, 2.24) is 0 Å². The van der Waals surface area contributed by atoms with Crippen LogP contribution in [-0.4, -0.2) is 12.9 Å². The van der Waals surface area contributed by atoms with E-state index in [0.29, 0.717) is 0 Å². The zero-order valence-corrected chi connectivity index (χ0v) is 15.3. The minimum absolute atomic E-state index is 0.870. The largest absolute Gasteiger partial charge is 0.497 e. The number of aliphatic imine (C=N–C) groups is 1. The molecule has 0 unspecified atom stereocenters. The van der Waals surface area contributed by atoms with Gasteiger partial charge in [-0.3, -0.25) is 4.90 Å². The summed E-state index contributed by atoms with van der Waals surface area (Å²) in [5.74, 6) is 1.97. The Morgan fingerprint density at radius 3 is 2.44 bits per heavy atom. The number of benzene rings is 2. The molecule has 1 aliphatic rings. The molecule has 0 saturated heterocycles. The van der Waals surface area contributed by atoms with Crippen molar-refractivity contribution in [2.45, 2.75) is 39.5 Å². The maximum atomic E-state index is 5.32. The molecule has 0 aliphatic carbocycles. The van der Waals surface area contributed by atoms with Gasteiger partial charge in [0.15, 0.2) is 0 Å². The molecule has 0 saturated carbocycles. The minimum atomic E-state index is 0.870. The lowest BCUT2D eigenvalue weighted by atomic mass is 10.0. The van der Waals surface area contributed by atoms with Gasteiger partial charge in [-0.25, -0.2) is 4.99 Å². The Kier molecular flexibility index (Phi) is 5.54. The highest BCUT2D eigenvalue weighted by Gasteiger charge is 2.25. The van der Waals surface area contributed by atoms with Crippen LogP contribution in [0.15, 0.2) is 59.6 Å². The first-order valence-corrected chi connectivity index (χ1v) is 9.09. The summed E-state index contributed by atoms with van der Waals surface area (Å²) in [4.78, 5) is 7.27. The zero-order valence-electron chi connectivity index (χ0n) is 15.3. The van der Waals surface area contributed by atoms with Crippen LogP contribution in [-0.2, 0) is 0 Å². The van der Waals surface area contributed by atoms with Crippen LogP contribution in [0, 0.1) is 0 Å². The van der Waals surface area contributed by atoms with Gasteiger partial charge in [-0.15, -0.1) is 0 Å². The van der Waals surface area contributed by atoms with E-state index < -0.39 is 0 Å². The Balaban J connectivity index is 2.13. The summed E-state index contributed by atoms with van der Waals surface area (Å²) >= 11 is 0. The van der Waals surface area contributed by atoms with Crippen LogP contribution in [0.5, 0.6) is 5.75 Å². The first-order chi connectivity index (χ1) is 12.3. The second kappa shape index (κ2) is 8.02. The third-order valence-electron chi connectivity index (χ3n) is 4.36. The first kappa shape index (κ1) is 17.3. The summed E-state index contributed by atoms with van der Waals surface area (Å²) in [5.41, 5.74) is 4.63. The lowest BCUT2D eigenvalue weighted by Crippen LogP contribution is -2.31. The molecule has 3 heteroatoms. The number of para-hydroxylation sites is 1. The molecular weight excluding hydrogens is 308 g/mol. The van der Waals surface area contributed by atoms with Crippen LogP contribution in [0.3, 0.4) is 0 Å². The van der Waals surface area contributed by atoms with Crippen LogP contribution in [0.1, 0.15) is 45.1 Å². The van der Waals surface area contributed by atoms with Crippen molar-refractivity contribution in [3.63, 3.8) is 0 Å².